The minimum atomic E-state index is -0.430. The van der Waals surface area contributed by atoms with Crippen molar-refractivity contribution < 1.29 is 14.3 Å². The summed E-state index contributed by atoms with van der Waals surface area (Å²) in [4.78, 5) is 29.2. The van der Waals surface area contributed by atoms with Gasteiger partial charge in [0.2, 0.25) is 11.8 Å². The molecule has 2 fully saturated rings. The summed E-state index contributed by atoms with van der Waals surface area (Å²) in [5.41, 5.74) is 5.46. The zero-order valence-electron chi connectivity index (χ0n) is 14.6. The first-order valence-corrected chi connectivity index (χ1v) is 8.94. The van der Waals surface area contributed by atoms with Crippen LogP contribution in [0.1, 0.15) is 39.5 Å². The maximum Gasteiger partial charge on any atom is 0.230 e. The molecule has 0 unspecified atom stereocenters. The normalized spacial score (nSPS) is 20.7. The Morgan fingerprint density at radius 3 is 2.09 bits per heavy atom. The molecule has 2 aliphatic rings. The van der Waals surface area contributed by atoms with Gasteiger partial charge in [-0.05, 0) is 25.7 Å². The number of carbonyl (C=O) groups excluding carboxylic acids is 2. The molecule has 2 heterocycles. The summed E-state index contributed by atoms with van der Waals surface area (Å²) in [6, 6.07) is 0. The molecule has 2 amide bonds. The van der Waals surface area contributed by atoms with E-state index >= 15 is 0 Å². The SMILES string of the molecule is CCC(CC)(CN)C(=O)N1CCC(C(=O)N2CCOCC2)CC1. The molecule has 0 aliphatic carbocycles. The molecule has 2 aliphatic heterocycles. The fourth-order valence-electron chi connectivity index (χ4n) is 3.64. The van der Waals surface area contributed by atoms with Crippen LogP contribution in [0.2, 0.25) is 0 Å². The van der Waals surface area contributed by atoms with E-state index < -0.39 is 5.41 Å². The molecule has 2 rings (SSSR count). The number of hydrogen-bond donors (Lipinski definition) is 1. The fraction of sp³-hybridized carbons (Fsp3) is 0.882. The molecule has 0 aromatic carbocycles. The van der Waals surface area contributed by atoms with Gasteiger partial charge in [0.05, 0.1) is 18.6 Å². The van der Waals surface area contributed by atoms with E-state index in [1.54, 1.807) is 0 Å². The van der Waals surface area contributed by atoms with Crippen LogP contribution in [0.5, 0.6) is 0 Å². The van der Waals surface area contributed by atoms with Crippen molar-refractivity contribution in [2.75, 3.05) is 45.9 Å². The van der Waals surface area contributed by atoms with E-state index in [1.165, 1.54) is 0 Å². The third kappa shape index (κ3) is 3.86. The van der Waals surface area contributed by atoms with Crippen LogP contribution in [0.4, 0.5) is 0 Å². The van der Waals surface area contributed by atoms with Gasteiger partial charge < -0.3 is 20.3 Å². The number of likely N-dealkylation sites (tertiary alicyclic amines) is 1. The van der Waals surface area contributed by atoms with Crippen LogP contribution in [0, 0.1) is 11.3 Å². The lowest BCUT2D eigenvalue weighted by Gasteiger charge is -2.40. The van der Waals surface area contributed by atoms with Crippen molar-refractivity contribution in [1.82, 2.24) is 9.80 Å². The van der Waals surface area contributed by atoms with Crippen molar-refractivity contribution in [3.8, 4) is 0 Å². The molecule has 2 saturated heterocycles. The molecule has 2 N–H and O–H groups in total. The Bertz CT molecular complexity index is 401. The van der Waals surface area contributed by atoms with Gasteiger partial charge in [-0.2, -0.15) is 0 Å². The molecule has 132 valence electrons. The highest BCUT2D eigenvalue weighted by Crippen LogP contribution is 2.30. The zero-order valence-corrected chi connectivity index (χ0v) is 14.6. The second kappa shape index (κ2) is 8.11. The van der Waals surface area contributed by atoms with Gasteiger partial charge in [-0.1, -0.05) is 13.8 Å². The molecule has 0 spiro atoms. The number of ether oxygens (including phenoxy) is 1. The van der Waals surface area contributed by atoms with E-state index in [1.807, 2.05) is 23.6 Å². The van der Waals surface area contributed by atoms with Gasteiger partial charge >= 0.3 is 0 Å². The van der Waals surface area contributed by atoms with Gasteiger partial charge in [0, 0.05) is 38.6 Å². The third-order valence-electron chi connectivity index (χ3n) is 5.65. The van der Waals surface area contributed by atoms with Crippen LogP contribution in [0.3, 0.4) is 0 Å². The Morgan fingerprint density at radius 2 is 1.61 bits per heavy atom. The molecule has 0 saturated carbocycles. The second-order valence-corrected chi connectivity index (χ2v) is 6.70. The number of morpholine rings is 1. The van der Waals surface area contributed by atoms with E-state index in [0.717, 1.165) is 25.7 Å². The molecular weight excluding hydrogens is 294 g/mol. The maximum atomic E-state index is 12.8. The summed E-state index contributed by atoms with van der Waals surface area (Å²) in [7, 11) is 0. The Kier molecular flexibility index (Phi) is 6.41. The molecule has 6 heteroatoms. The summed E-state index contributed by atoms with van der Waals surface area (Å²) in [6.07, 6.45) is 3.06. The molecule has 0 atom stereocenters. The molecule has 23 heavy (non-hydrogen) atoms. The lowest BCUT2D eigenvalue weighted by Crippen LogP contribution is -2.52. The second-order valence-electron chi connectivity index (χ2n) is 6.70. The van der Waals surface area contributed by atoms with Crippen LogP contribution in [-0.4, -0.2) is 67.6 Å². The number of hydrogen-bond acceptors (Lipinski definition) is 4. The van der Waals surface area contributed by atoms with Gasteiger partial charge in [-0.25, -0.2) is 0 Å². The van der Waals surface area contributed by atoms with Gasteiger partial charge in [0.15, 0.2) is 0 Å². The Morgan fingerprint density at radius 1 is 1.04 bits per heavy atom. The van der Waals surface area contributed by atoms with Gasteiger partial charge in [0.25, 0.3) is 0 Å². The van der Waals surface area contributed by atoms with Gasteiger partial charge in [0.1, 0.15) is 0 Å². The van der Waals surface area contributed by atoms with Gasteiger partial charge in [-0.3, -0.25) is 9.59 Å². The van der Waals surface area contributed by atoms with E-state index in [2.05, 4.69) is 0 Å². The Hall–Kier alpha value is -1.14. The topological polar surface area (TPSA) is 75.9 Å². The van der Waals surface area contributed by atoms with Crippen LogP contribution < -0.4 is 5.73 Å². The predicted molar refractivity (Wildman–Crippen MR) is 88.8 cm³/mol. The number of carbonyl (C=O) groups is 2. The summed E-state index contributed by atoms with van der Waals surface area (Å²) >= 11 is 0. The first kappa shape index (κ1) is 18.2. The van der Waals surface area contributed by atoms with Gasteiger partial charge in [-0.15, -0.1) is 0 Å². The van der Waals surface area contributed by atoms with Crippen molar-refractivity contribution in [2.45, 2.75) is 39.5 Å². The van der Waals surface area contributed by atoms with Crippen molar-refractivity contribution in [2.24, 2.45) is 17.1 Å². The standard InChI is InChI=1S/C17H31N3O3/c1-3-17(4-2,13-18)16(22)20-7-5-14(6-8-20)15(21)19-9-11-23-12-10-19/h14H,3-13,18H2,1-2H3. The predicted octanol–water partition coefficient (Wildman–Crippen LogP) is 0.849. The zero-order chi connectivity index (χ0) is 16.9. The Labute approximate surface area is 139 Å². The highest BCUT2D eigenvalue weighted by Gasteiger charge is 2.39. The highest BCUT2D eigenvalue weighted by atomic mass is 16.5. The number of nitrogens with two attached hydrogens (primary N) is 1. The smallest absolute Gasteiger partial charge is 0.230 e. The van der Waals surface area contributed by atoms with Crippen LogP contribution in [-0.2, 0) is 14.3 Å². The monoisotopic (exact) mass is 325 g/mol. The van der Waals surface area contributed by atoms with Crippen LogP contribution in [0.25, 0.3) is 0 Å². The van der Waals surface area contributed by atoms with E-state index in [9.17, 15) is 9.59 Å². The minimum absolute atomic E-state index is 0.0488. The summed E-state index contributed by atoms with van der Waals surface area (Å²) < 4.78 is 5.30. The van der Waals surface area contributed by atoms with E-state index in [-0.39, 0.29) is 17.7 Å². The van der Waals surface area contributed by atoms with E-state index in [0.29, 0.717) is 45.9 Å². The minimum Gasteiger partial charge on any atom is -0.378 e. The molecule has 0 radical (unpaired) electrons. The van der Waals surface area contributed by atoms with Crippen molar-refractivity contribution in [1.29, 1.82) is 0 Å². The molecule has 6 nitrogen and oxygen atoms in total. The Balaban J connectivity index is 1.90. The molecule has 0 aromatic heterocycles. The first-order valence-electron chi connectivity index (χ1n) is 8.94. The average Bonchev–Trinajstić information content (AvgIpc) is 2.64. The lowest BCUT2D eigenvalue weighted by atomic mass is 9.80. The maximum absolute atomic E-state index is 12.8. The number of piperidine rings is 1. The molecule has 0 aromatic rings. The fourth-order valence-corrected chi connectivity index (χ4v) is 3.64. The molecular formula is C17H31N3O3. The highest BCUT2D eigenvalue weighted by molar-refractivity contribution is 5.84. The lowest BCUT2D eigenvalue weighted by molar-refractivity contribution is -0.148. The summed E-state index contributed by atoms with van der Waals surface area (Å²) in [6.45, 7) is 8.45. The number of nitrogens with zero attached hydrogens (tertiary/aromatic N) is 2. The largest absolute Gasteiger partial charge is 0.378 e. The summed E-state index contributed by atoms with van der Waals surface area (Å²) in [5, 5.41) is 0. The van der Waals surface area contributed by atoms with Crippen LogP contribution >= 0.6 is 0 Å². The summed E-state index contributed by atoms with van der Waals surface area (Å²) in [5.74, 6) is 0.450. The number of amides is 2. The quantitative estimate of drug-likeness (QED) is 0.813. The van der Waals surface area contributed by atoms with Crippen molar-refractivity contribution in [3.05, 3.63) is 0 Å². The first-order chi connectivity index (χ1) is 11.1. The number of rotatable bonds is 5. The molecule has 0 bridgehead atoms. The average molecular weight is 325 g/mol. The van der Waals surface area contributed by atoms with Crippen molar-refractivity contribution >= 4 is 11.8 Å². The van der Waals surface area contributed by atoms with E-state index in [4.69, 9.17) is 10.5 Å². The van der Waals surface area contributed by atoms with Crippen LogP contribution in [0.15, 0.2) is 0 Å². The third-order valence-corrected chi connectivity index (χ3v) is 5.65. The van der Waals surface area contributed by atoms with Crippen molar-refractivity contribution in [3.63, 3.8) is 0 Å².